The van der Waals surface area contributed by atoms with Crippen LogP contribution in [0.2, 0.25) is 0 Å². The summed E-state index contributed by atoms with van der Waals surface area (Å²) in [6, 6.07) is 4.43. The first-order valence-corrected chi connectivity index (χ1v) is 6.80. The molecular formula is C13H9F6N6O2+. The van der Waals surface area contributed by atoms with Crippen LogP contribution in [0.25, 0.3) is 0 Å². The third kappa shape index (κ3) is 5.26. The van der Waals surface area contributed by atoms with E-state index < -0.39 is 40.6 Å². The number of anilines is 1. The number of hydrogen-bond acceptors (Lipinski definition) is 4. The molecule has 0 bridgehead atoms. The molecule has 0 saturated carbocycles. The highest BCUT2D eigenvalue weighted by atomic mass is 19.4. The van der Waals surface area contributed by atoms with Crippen LogP contribution in [-0.4, -0.2) is 20.9 Å². The number of alkyl halides is 6. The van der Waals surface area contributed by atoms with E-state index in [1.165, 1.54) is 12.1 Å². The number of guanidine groups is 1. The first-order valence-electron chi connectivity index (χ1n) is 6.80. The van der Waals surface area contributed by atoms with Crippen molar-refractivity contribution in [2.45, 2.75) is 12.4 Å². The fourth-order valence-electron chi connectivity index (χ4n) is 1.77. The Morgan fingerprint density at radius 2 is 1.52 bits per heavy atom. The van der Waals surface area contributed by atoms with E-state index in [2.05, 4.69) is 15.3 Å². The fraction of sp³-hybridized carbons (Fsp3) is 0.154. The van der Waals surface area contributed by atoms with Gasteiger partial charge in [-0.3, -0.25) is 15.4 Å². The van der Waals surface area contributed by atoms with E-state index in [9.17, 15) is 36.5 Å². The lowest BCUT2D eigenvalue weighted by atomic mass is 10.3. The molecule has 144 valence electrons. The van der Waals surface area contributed by atoms with Crippen LogP contribution in [0.1, 0.15) is 11.4 Å². The number of nitrogens with two attached hydrogens (primary N) is 1. The number of rotatable bonds is 3. The lowest BCUT2D eigenvalue weighted by Crippen LogP contribution is -2.72. The smallest absolute Gasteiger partial charge is 0.322 e. The molecule has 0 saturated heterocycles. The number of halogens is 6. The summed E-state index contributed by atoms with van der Waals surface area (Å²) in [5.74, 6) is -1.54. The first-order chi connectivity index (χ1) is 12.4. The molecule has 2 aromatic rings. The largest absolute Gasteiger partial charge is 0.443 e. The monoisotopic (exact) mass is 395 g/mol. The SMILES string of the molecule is NC(Nc1ccc([N+](=O)[O-])cc1)=[NH+]c1nc(C(F)(F)F)cc(C(F)(F)F)n1. The summed E-state index contributed by atoms with van der Waals surface area (Å²) in [5.41, 5.74) is 1.79. The van der Waals surface area contributed by atoms with Crippen molar-refractivity contribution in [3.8, 4) is 0 Å². The van der Waals surface area contributed by atoms with Gasteiger partial charge in [-0.1, -0.05) is 0 Å². The molecule has 14 heteroatoms. The number of benzene rings is 1. The van der Waals surface area contributed by atoms with Gasteiger partial charge in [0.1, 0.15) is 0 Å². The number of aromatic nitrogens is 2. The summed E-state index contributed by atoms with van der Waals surface area (Å²) in [4.78, 5) is 17.8. The van der Waals surface area contributed by atoms with E-state index in [1.54, 1.807) is 0 Å². The van der Waals surface area contributed by atoms with Crippen molar-refractivity contribution in [1.29, 1.82) is 0 Å². The Kier molecular flexibility index (Phi) is 5.19. The first kappa shape index (κ1) is 19.9. The van der Waals surface area contributed by atoms with Crippen LogP contribution in [0, 0.1) is 10.1 Å². The van der Waals surface area contributed by atoms with Crippen molar-refractivity contribution in [3.63, 3.8) is 0 Å². The lowest BCUT2D eigenvalue weighted by Gasteiger charge is -2.08. The zero-order chi connectivity index (χ0) is 20.4. The van der Waals surface area contributed by atoms with E-state index in [0.717, 1.165) is 12.1 Å². The number of hydrogen-bond donors (Lipinski definition) is 3. The molecule has 0 aliphatic rings. The molecule has 1 aromatic heterocycles. The van der Waals surface area contributed by atoms with Crippen molar-refractivity contribution in [2.24, 2.45) is 5.73 Å². The van der Waals surface area contributed by atoms with Gasteiger partial charge in [-0.05, 0) is 12.1 Å². The Hall–Kier alpha value is -3.45. The maximum Gasteiger partial charge on any atom is 0.443 e. The number of nitrogens with one attached hydrogen (secondary N) is 2. The molecule has 1 heterocycles. The van der Waals surface area contributed by atoms with Crippen LogP contribution >= 0.6 is 0 Å². The summed E-state index contributed by atoms with van der Waals surface area (Å²) < 4.78 is 76.4. The molecule has 1 aromatic carbocycles. The quantitative estimate of drug-likeness (QED) is 0.239. The second-order valence-electron chi connectivity index (χ2n) is 4.93. The normalized spacial score (nSPS) is 12.7. The molecular weight excluding hydrogens is 386 g/mol. The summed E-state index contributed by atoms with van der Waals surface area (Å²) in [6.07, 6.45) is -10.3. The van der Waals surface area contributed by atoms with Crippen molar-refractivity contribution in [1.82, 2.24) is 9.97 Å². The predicted octanol–water partition coefficient (Wildman–Crippen LogP) is 1.56. The average molecular weight is 395 g/mol. The van der Waals surface area contributed by atoms with Gasteiger partial charge in [0.05, 0.1) is 10.6 Å². The minimum atomic E-state index is -5.14. The van der Waals surface area contributed by atoms with Gasteiger partial charge < -0.3 is 5.73 Å². The maximum atomic E-state index is 12.7. The van der Waals surface area contributed by atoms with Gasteiger partial charge >= 0.3 is 18.3 Å². The molecule has 0 radical (unpaired) electrons. The average Bonchev–Trinajstić information content (AvgIpc) is 2.53. The minimum Gasteiger partial charge on any atom is -0.322 e. The standard InChI is InChI=1S/C13H8F6N6O2/c14-12(15,16)8-5-9(13(17,18)19)23-11(22-8)24-10(20)21-6-1-3-7(4-2-6)25(26)27/h1-5H,(H3,20,21,22,23,24)/p+1. The van der Waals surface area contributed by atoms with E-state index in [1.807, 2.05) is 4.99 Å². The van der Waals surface area contributed by atoms with Crippen LogP contribution in [-0.2, 0) is 12.4 Å². The van der Waals surface area contributed by atoms with E-state index in [-0.39, 0.29) is 17.4 Å². The molecule has 0 unspecified atom stereocenters. The second-order valence-corrected chi connectivity index (χ2v) is 4.93. The Bertz CT molecular complexity index is 846. The fourth-order valence-corrected chi connectivity index (χ4v) is 1.77. The second kappa shape index (κ2) is 7.05. The van der Waals surface area contributed by atoms with Crippen molar-refractivity contribution in [3.05, 3.63) is 51.8 Å². The predicted molar refractivity (Wildman–Crippen MR) is 78.6 cm³/mol. The van der Waals surface area contributed by atoms with Gasteiger partial charge in [0, 0.05) is 18.2 Å². The molecule has 2 rings (SSSR count). The molecule has 0 atom stereocenters. The summed E-state index contributed by atoms with van der Waals surface area (Å²) in [5, 5.41) is 12.9. The Balaban J connectivity index is 2.34. The van der Waals surface area contributed by atoms with Crippen molar-refractivity contribution < 1.29 is 36.3 Å². The molecule has 8 nitrogen and oxygen atoms in total. The molecule has 0 aliphatic heterocycles. The topological polar surface area (TPSA) is 121 Å². The molecule has 4 N–H and O–H groups in total. The third-order valence-electron chi connectivity index (χ3n) is 2.91. The number of nitro benzene ring substituents is 1. The van der Waals surface area contributed by atoms with E-state index >= 15 is 0 Å². The summed E-state index contributed by atoms with van der Waals surface area (Å²) in [7, 11) is 0. The molecule has 0 aliphatic carbocycles. The lowest BCUT2D eigenvalue weighted by molar-refractivity contribution is -0.384. The van der Waals surface area contributed by atoms with Crippen LogP contribution < -0.4 is 16.0 Å². The highest BCUT2D eigenvalue weighted by molar-refractivity contribution is 5.88. The van der Waals surface area contributed by atoms with Gasteiger partial charge in [-0.2, -0.15) is 26.3 Å². The molecule has 0 amide bonds. The highest BCUT2D eigenvalue weighted by Crippen LogP contribution is 2.33. The van der Waals surface area contributed by atoms with Crippen LogP contribution in [0.5, 0.6) is 0 Å². The molecule has 27 heavy (non-hydrogen) atoms. The van der Waals surface area contributed by atoms with Crippen LogP contribution in [0.4, 0.5) is 43.7 Å². The van der Waals surface area contributed by atoms with E-state index in [4.69, 9.17) is 5.73 Å². The minimum absolute atomic E-state index is 0.175. The summed E-state index contributed by atoms with van der Waals surface area (Å²) in [6.45, 7) is 0. The Morgan fingerprint density at radius 1 is 1.04 bits per heavy atom. The Morgan fingerprint density at radius 3 is 1.93 bits per heavy atom. The summed E-state index contributed by atoms with van der Waals surface area (Å²) >= 11 is 0. The Labute approximate surface area is 145 Å². The van der Waals surface area contributed by atoms with Crippen LogP contribution in [0.3, 0.4) is 0 Å². The van der Waals surface area contributed by atoms with Crippen LogP contribution in [0.15, 0.2) is 30.3 Å². The number of non-ortho nitro benzene ring substituents is 1. The number of nitrogens with zero attached hydrogens (tertiary/aromatic N) is 3. The third-order valence-corrected chi connectivity index (χ3v) is 2.91. The number of nitro groups is 1. The van der Waals surface area contributed by atoms with Gasteiger partial charge in [-0.15, -0.1) is 9.97 Å². The van der Waals surface area contributed by atoms with Crippen molar-refractivity contribution in [2.75, 3.05) is 5.32 Å². The zero-order valence-corrected chi connectivity index (χ0v) is 12.9. The van der Waals surface area contributed by atoms with Gasteiger partial charge in [0.25, 0.3) is 11.6 Å². The van der Waals surface area contributed by atoms with E-state index in [0.29, 0.717) is 0 Å². The maximum absolute atomic E-state index is 12.7. The van der Waals surface area contributed by atoms with Gasteiger partial charge in [0.15, 0.2) is 11.4 Å². The van der Waals surface area contributed by atoms with Crippen molar-refractivity contribution >= 4 is 23.3 Å². The zero-order valence-electron chi connectivity index (χ0n) is 12.9. The van der Waals surface area contributed by atoms with Gasteiger partial charge in [0.2, 0.25) is 0 Å². The molecule has 0 spiro atoms. The molecule has 0 fully saturated rings. The highest BCUT2D eigenvalue weighted by Gasteiger charge is 2.42. The van der Waals surface area contributed by atoms with Gasteiger partial charge in [-0.25, -0.2) is 4.99 Å².